The normalized spacial score (nSPS) is 26.0. The van der Waals surface area contributed by atoms with Crippen LogP contribution in [-0.2, 0) is 0 Å². The van der Waals surface area contributed by atoms with Crippen LogP contribution < -0.4 is 16.4 Å². The molecule has 25 heavy (non-hydrogen) atoms. The molecular weight excluding hydrogens is 316 g/mol. The molecule has 0 aliphatic heterocycles. The molecule has 1 fully saturated rings. The first-order valence-electron chi connectivity index (χ1n) is 8.81. The number of hydrogen-bond acceptors (Lipinski definition) is 6. The molecule has 1 aliphatic rings. The van der Waals surface area contributed by atoms with Crippen LogP contribution in [0.5, 0.6) is 0 Å². The average Bonchev–Trinajstić information content (AvgIpc) is 2.46. The fraction of sp³-hybridized carbons (Fsp3) is 0.688. The van der Waals surface area contributed by atoms with Gasteiger partial charge in [0.1, 0.15) is 21.5 Å². The number of aromatic nitrogens is 2. The SMILES string of the molecule is BC1(B)C(Nc2nc(NC(C)(C)C)ncc2C(N)=O)CCC(C)C1O. The lowest BCUT2D eigenvalue weighted by Gasteiger charge is -2.46. The summed E-state index contributed by atoms with van der Waals surface area (Å²) in [5.41, 5.74) is 5.53. The summed E-state index contributed by atoms with van der Waals surface area (Å²) in [6.07, 6.45) is 2.81. The molecule has 1 heterocycles. The number of nitrogens with zero attached hydrogens (tertiary/aromatic N) is 2. The number of carbonyl (C=O) groups is 1. The number of primary amides is 1. The van der Waals surface area contributed by atoms with Crippen LogP contribution in [0.4, 0.5) is 11.8 Å². The van der Waals surface area contributed by atoms with Crippen molar-refractivity contribution in [2.75, 3.05) is 10.6 Å². The molecule has 0 saturated heterocycles. The second kappa shape index (κ2) is 6.86. The van der Waals surface area contributed by atoms with Gasteiger partial charge in [-0.1, -0.05) is 6.92 Å². The van der Waals surface area contributed by atoms with Crippen molar-refractivity contribution in [3.63, 3.8) is 0 Å². The Bertz CT molecular complexity index is 648. The fourth-order valence-corrected chi connectivity index (χ4v) is 3.39. The predicted octanol–water partition coefficient (Wildman–Crippen LogP) is -0.260. The van der Waals surface area contributed by atoms with Crippen LogP contribution in [0.1, 0.15) is 50.9 Å². The summed E-state index contributed by atoms with van der Waals surface area (Å²) in [5, 5.41) is 16.8. The third-order valence-corrected chi connectivity index (χ3v) is 4.96. The van der Waals surface area contributed by atoms with Gasteiger partial charge in [-0.05, 0) is 44.7 Å². The summed E-state index contributed by atoms with van der Waals surface area (Å²) in [7, 11) is 4.06. The third kappa shape index (κ3) is 4.45. The van der Waals surface area contributed by atoms with E-state index in [0.717, 1.165) is 12.8 Å². The topological polar surface area (TPSA) is 113 Å². The predicted molar refractivity (Wildman–Crippen MR) is 106 cm³/mol. The van der Waals surface area contributed by atoms with Gasteiger partial charge in [0.05, 0.1) is 11.7 Å². The summed E-state index contributed by atoms with van der Waals surface area (Å²) in [5.74, 6) is 0.510. The molecule has 9 heteroatoms. The molecule has 0 spiro atoms. The van der Waals surface area contributed by atoms with Crippen molar-refractivity contribution >= 4 is 33.4 Å². The minimum Gasteiger partial charge on any atom is -0.394 e. The zero-order chi connectivity index (χ0) is 19.0. The molecule has 136 valence electrons. The number of nitrogens with one attached hydrogen (secondary N) is 2. The fourth-order valence-electron chi connectivity index (χ4n) is 3.39. The maximum Gasteiger partial charge on any atom is 0.254 e. The van der Waals surface area contributed by atoms with E-state index < -0.39 is 12.0 Å². The van der Waals surface area contributed by atoms with E-state index in [1.165, 1.54) is 6.20 Å². The lowest BCUT2D eigenvalue weighted by atomic mass is 9.43. The van der Waals surface area contributed by atoms with Gasteiger partial charge in [-0.25, -0.2) is 4.98 Å². The lowest BCUT2D eigenvalue weighted by Crippen LogP contribution is -2.50. The number of hydrogen-bond donors (Lipinski definition) is 4. The molecule has 3 unspecified atom stereocenters. The van der Waals surface area contributed by atoms with Gasteiger partial charge in [0, 0.05) is 17.8 Å². The molecule has 1 aromatic rings. The minimum atomic E-state index is -0.577. The van der Waals surface area contributed by atoms with Crippen LogP contribution in [0, 0.1) is 5.92 Å². The monoisotopic (exact) mass is 345 g/mol. The highest BCUT2D eigenvalue weighted by Gasteiger charge is 2.43. The molecular formula is C16H29B2N5O2. The highest BCUT2D eigenvalue weighted by molar-refractivity contribution is 6.41. The molecule has 3 atom stereocenters. The quantitative estimate of drug-likeness (QED) is 0.560. The Kier molecular flexibility index (Phi) is 5.37. The van der Waals surface area contributed by atoms with Gasteiger partial charge in [-0.15, -0.1) is 0 Å². The molecule has 1 amide bonds. The van der Waals surface area contributed by atoms with Crippen molar-refractivity contribution in [1.29, 1.82) is 0 Å². The van der Waals surface area contributed by atoms with E-state index in [9.17, 15) is 9.90 Å². The van der Waals surface area contributed by atoms with Crippen molar-refractivity contribution in [2.24, 2.45) is 11.7 Å². The van der Waals surface area contributed by atoms with Gasteiger partial charge in [0.2, 0.25) is 5.95 Å². The van der Waals surface area contributed by atoms with Crippen LogP contribution in [0.15, 0.2) is 6.20 Å². The van der Waals surface area contributed by atoms with E-state index in [2.05, 4.69) is 27.5 Å². The van der Waals surface area contributed by atoms with Crippen molar-refractivity contribution in [3.8, 4) is 0 Å². The van der Waals surface area contributed by atoms with Crippen molar-refractivity contribution < 1.29 is 9.90 Å². The van der Waals surface area contributed by atoms with E-state index in [-0.39, 0.29) is 28.3 Å². The smallest absolute Gasteiger partial charge is 0.254 e. The molecule has 0 aromatic carbocycles. The first-order valence-corrected chi connectivity index (χ1v) is 8.81. The Morgan fingerprint density at radius 1 is 1.40 bits per heavy atom. The van der Waals surface area contributed by atoms with Gasteiger partial charge in [-0.2, -0.15) is 4.98 Å². The van der Waals surface area contributed by atoms with Crippen molar-refractivity contribution in [2.45, 2.75) is 63.4 Å². The van der Waals surface area contributed by atoms with Gasteiger partial charge in [0.15, 0.2) is 0 Å². The van der Waals surface area contributed by atoms with E-state index in [1.54, 1.807) is 0 Å². The standard InChI is InChI=1S/C16H29B2N5O2/c1-8-5-6-10(16(17,18)11(8)24)21-13-9(12(19)25)7-20-14(22-13)23-15(2,3)4/h7-8,10-11,24H,5-6,17-18H2,1-4H3,(H2,19,25)(H2,20,21,22,23). The lowest BCUT2D eigenvalue weighted by molar-refractivity contribution is 0.0602. The first-order chi connectivity index (χ1) is 11.4. The highest BCUT2D eigenvalue weighted by Crippen LogP contribution is 2.41. The third-order valence-electron chi connectivity index (χ3n) is 4.96. The van der Waals surface area contributed by atoms with Gasteiger partial charge in [-0.3, -0.25) is 4.79 Å². The summed E-state index contributed by atoms with van der Waals surface area (Å²) >= 11 is 0. The minimum absolute atomic E-state index is 0.0193. The first kappa shape index (κ1) is 19.6. The summed E-state index contributed by atoms with van der Waals surface area (Å²) in [4.78, 5) is 20.4. The Morgan fingerprint density at radius 2 is 2.04 bits per heavy atom. The Labute approximate surface area is 151 Å². The molecule has 0 bridgehead atoms. The molecule has 2 rings (SSSR count). The van der Waals surface area contributed by atoms with Crippen LogP contribution in [0.3, 0.4) is 0 Å². The number of aliphatic hydroxyl groups excluding tert-OH is 1. The molecule has 7 nitrogen and oxygen atoms in total. The van der Waals surface area contributed by atoms with E-state index in [0.29, 0.717) is 11.8 Å². The molecule has 5 N–H and O–H groups in total. The zero-order valence-corrected chi connectivity index (χ0v) is 16.1. The molecule has 1 aromatic heterocycles. The van der Waals surface area contributed by atoms with Crippen molar-refractivity contribution in [3.05, 3.63) is 11.8 Å². The zero-order valence-electron chi connectivity index (χ0n) is 16.1. The molecule has 1 aliphatic carbocycles. The number of amides is 1. The molecule has 0 radical (unpaired) electrons. The number of rotatable bonds is 4. The maximum atomic E-state index is 11.8. The number of carbonyl (C=O) groups excluding carboxylic acids is 1. The largest absolute Gasteiger partial charge is 0.394 e. The van der Waals surface area contributed by atoms with Crippen LogP contribution in [0.25, 0.3) is 0 Å². The maximum absolute atomic E-state index is 11.8. The Hall–Kier alpha value is -1.76. The Balaban J connectivity index is 2.33. The average molecular weight is 345 g/mol. The van der Waals surface area contributed by atoms with E-state index >= 15 is 0 Å². The number of anilines is 2. The number of aliphatic hydroxyl groups is 1. The van der Waals surface area contributed by atoms with Crippen molar-refractivity contribution in [1.82, 2.24) is 9.97 Å². The number of nitrogens with two attached hydrogens (primary N) is 1. The van der Waals surface area contributed by atoms with Crippen LogP contribution >= 0.6 is 0 Å². The van der Waals surface area contributed by atoms with E-state index in [4.69, 9.17) is 5.73 Å². The van der Waals surface area contributed by atoms with Gasteiger partial charge < -0.3 is 21.5 Å². The second-order valence-corrected chi connectivity index (χ2v) is 8.71. The summed E-state index contributed by atoms with van der Waals surface area (Å²) < 4.78 is 0. The highest BCUT2D eigenvalue weighted by atomic mass is 16.3. The molecule has 1 saturated carbocycles. The van der Waals surface area contributed by atoms with Gasteiger partial charge >= 0.3 is 0 Å². The van der Waals surface area contributed by atoms with E-state index in [1.807, 2.05) is 36.5 Å². The van der Waals surface area contributed by atoms with Crippen LogP contribution in [-0.4, -0.2) is 54.4 Å². The Morgan fingerprint density at radius 3 is 2.60 bits per heavy atom. The second-order valence-electron chi connectivity index (χ2n) is 8.71. The van der Waals surface area contributed by atoms with Crippen LogP contribution in [0.2, 0.25) is 5.21 Å². The summed E-state index contributed by atoms with van der Waals surface area (Å²) in [6.45, 7) is 8.09. The van der Waals surface area contributed by atoms with Gasteiger partial charge in [0.25, 0.3) is 5.91 Å². The summed E-state index contributed by atoms with van der Waals surface area (Å²) in [6, 6.07) is -0.0193.